The molecule has 2 amide bonds. The number of rotatable bonds is 1. The molecule has 0 aliphatic carbocycles. The van der Waals surface area contributed by atoms with Crippen LogP contribution < -0.4 is 5.32 Å². The molecule has 1 saturated heterocycles. The van der Waals surface area contributed by atoms with E-state index in [0.717, 1.165) is 23.6 Å². The first-order chi connectivity index (χ1) is 10.6. The topological polar surface area (TPSA) is 49.4 Å². The molecule has 1 aliphatic heterocycles. The molecule has 1 atom stereocenters. The fourth-order valence-electron chi connectivity index (χ4n) is 2.97. The van der Waals surface area contributed by atoms with Crippen LogP contribution in [0.25, 0.3) is 10.8 Å². The quantitative estimate of drug-likeness (QED) is 0.822. The van der Waals surface area contributed by atoms with Crippen molar-refractivity contribution in [2.45, 2.75) is 19.8 Å². The van der Waals surface area contributed by atoms with Crippen LogP contribution >= 0.6 is 0 Å². The Morgan fingerprint density at radius 2 is 1.91 bits per heavy atom. The number of fused-ring (bicyclic) bond motifs is 1. The van der Waals surface area contributed by atoms with Gasteiger partial charge < -0.3 is 10.2 Å². The first-order valence-electron chi connectivity index (χ1n) is 7.72. The van der Waals surface area contributed by atoms with Crippen LogP contribution in [0.2, 0.25) is 0 Å². The largest absolute Gasteiger partial charge is 0.334 e. The molecule has 0 saturated carbocycles. The zero-order chi connectivity index (χ0) is 15.5. The molecule has 114 valence electrons. The van der Waals surface area contributed by atoms with E-state index < -0.39 is 11.8 Å². The van der Waals surface area contributed by atoms with Gasteiger partial charge in [0.15, 0.2) is 0 Å². The van der Waals surface area contributed by atoms with Crippen molar-refractivity contribution in [3.63, 3.8) is 0 Å². The van der Waals surface area contributed by atoms with Crippen molar-refractivity contribution in [3.05, 3.63) is 42.5 Å². The number of carbonyl (C=O) groups is 2. The lowest BCUT2D eigenvalue weighted by Gasteiger charge is -2.30. The second-order valence-corrected chi connectivity index (χ2v) is 6.01. The number of amides is 2. The minimum absolute atomic E-state index is 0.431. The van der Waals surface area contributed by atoms with Crippen molar-refractivity contribution in [3.8, 4) is 0 Å². The van der Waals surface area contributed by atoms with E-state index in [4.69, 9.17) is 0 Å². The second kappa shape index (κ2) is 6.18. The van der Waals surface area contributed by atoms with Gasteiger partial charge in [0.1, 0.15) is 0 Å². The Hall–Kier alpha value is -2.36. The molecule has 4 nitrogen and oxygen atoms in total. The van der Waals surface area contributed by atoms with E-state index in [9.17, 15) is 9.59 Å². The summed E-state index contributed by atoms with van der Waals surface area (Å²) in [4.78, 5) is 26.0. The van der Waals surface area contributed by atoms with Gasteiger partial charge in [0.2, 0.25) is 0 Å². The Bertz CT molecular complexity index is 711. The van der Waals surface area contributed by atoms with Gasteiger partial charge in [0.05, 0.1) is 0 Å². The number of hydrogen-bond donors (Lipinski definition) is 1. The molecule has 3 rings (SSSR count). The van der Waals surface area contributed by atoms with Gasteiger partial charge >= 0.3 is 11.8 Å². The third kappa shape index (κ3) is 3.11. The van der Waals surface area contributed by atoms with Gasteiger partial charge in [0.25, 0.3) is 0 Å². The van der Waals surface area contributed by atoms with Gasteiger partial charge in [-0.2, -0.15) is 0 Å². The lowest BCUT2D eigenvalue weighted by molar-refractivity contribution is -0.144. The number of carbonyl (C=O) groups excluding carboxylic acids is 2. The van der Waals surface area contributed by atoms with E-state index in [1.54, 1.807) is 4.90 Å². The fourth-order valence-corrected chi connectivity index (χ4v) is 2.97. The number of nitrogens with one attached hydrogen (secondary N) is 1. The summed E-state index contributed by atoms with van der Waals surface area (Å²) < 4.78 is 0. The van der Waals surface area contributed by atoms with E-state index in [-0.39, 0.29) is 0 Å². The molecule has 1 fully saturated rings. The summed E-state index contributed by atoms with van der Waals surface area (Å²) in [5.74, 6) is -0.518. The number of benzene rings is 2. The number of likely N-dealkylation sites (tertiary alicyclic amines) is 1. The monoisotopic (exact) mass is 296 g/mol. The van der Waals surface area contributed by atoms with Crippen LogP contribution in [0.3, 0.4) is 0 Å². The highest BCUT2D eigenvalue weighted by molar-refractivity contribution is 6.39. The summed E-state index contributed by atoms with van der Waals surface area (Å²) >= 11 is 0. The maximum atomic E-state index is 12.2. The van der Waals surface area contributed by atoms with Crippen molar-refractivity contribution in [1.82, 2.24) is 4.90 Å². The molecule has 4 heteroatoms. The van der Waals surface area contributed by atoms with Gasteiger partial charge in [-0.3, -0.25) is 9.59 Å². The Kier molecular flexibility index (Phi) is 4.09. The molecule has 1 unspecified atom stereocenters. The number of anilines is 1. The molecule has 2 aromatic carbocycles. The highest BCUT2D eigenvalue weighted by atomic mass is 16.2. The Labute approximate surface area is 130 Å². The van der Waals surface area contributed by atoms with Crippen molar-refractivity contribution < 1.29 is 9.59 Å². The van der Waals surface area contributed by atoms with E-state index in [2.05, 4.69) is 12.2 Å². The zero-order valence-corrected chi connectivity index (χ0v) is 12.7. The molecule has 22 heavy (non-hydrogen) atoms. The molecule has 1 N–H and O–H groups in total. The number of hydrogen-bond acceptors (Lipinski definition) is 2. The van der Waals surface area contributed by atoms with Crippen LogP contribution in [0.4, 0.5) is 5.69 Å². The smallest absolute Gasteiger partial charge is 0.313 e. The van der Waals surface area contributed by atoms with Gasteiger partial charge in [-0.25, -0.2) is 0 Å². The summed E-state index contributed by atoms with van der Waals surface area (Å²) in [5.41, 5.74) is 0.655. The predicted molar refractivity (Wildman–Crippen MR) is 87.6 cm³/mol. The molecule has 2 aromatic rings. The Morgan fingerprint density at radius 1 is 1.14 bits per heavy atom. The van der Waals surface area contributed by atoms with E-state index in [1.165, 1.54) is 0 Å². The average molecular weight is 296 g/mol. The lowest BCUT2D eigenvalue weighted by atomic mass is 10.0. The van der Waals surface area contributed by atoms with Gasteiger partial charge in [-0.05, 0) is 41.7 Å². The highest BCUT2D eigenvalue weighted by Crippen LogP contribution is 2.19. The summed E-state index contributed by atoms with van der Waals surface area (Å²) in [6.07, 6.45) is 2.09. The second-order valence-electron chi connectivity index (χ2n) is 6.01. The third-order valence-corrected chi connectivity index (χ3v) is 4.15. The lowest BCUT2D eigenvalue weighted by Crippen LogP contribution is -2.44. The Morgan fingerprint density at radius 3 is 2.68 bits per heavy atom. The van der Waals surface area contributed by atoms with E-state index >= 15 is 0 Å². The minimum Gasteiger partial charge on any atom is -0.334 e. The summed E-state index contributed by atoms with van der Waals surface area (Å²) in [5, 5.41) is 4.86. The molecular weight excluding hydrogens is 276 g/mol. The maximum absolute atomic E-state index is 12.2. The van der Waals surface area contributed by atoms with E-state index in [0.29, 0.717) is 24.7 Å². The van der Waals surface area contributed by atoms with Crippen LogP contribution in [-0.4, -0.2) is 29.8 Å². The molecule has 0 aromatic heterocycles. The fraction of sp³-hybridized carbons (Fsp3) is 0.333. The van der Waals surface area contributed by atoms with Crippen LogP contribution in [0, 0.1) is 5.92 Å². The van der Waals surface area contributed by atoms with Crippen molar-refractivity contribution >= 4 is 28.3 Å². The number of piperidine rings is 1. The highest BCUT2D eigenvalue weighted by Gasteiger charge is 2.26. The predicted octanol–water partition coefficient (Wildman–Crippen LogP) is 3.04. The summed E-state index contributed by atoms with van der Waals surface area (Å²) in [7, 11) is 0. The normalized spacial score (nSPS) is 18.2. The van der Waals surface area contributed by atoms with Crippen molar-refractivity contribution in [2.75, 3.05) is 18.4 Å². The van der Waals surface area contributed by atoms with Crippen molar-refractivity contribution in [2.24, 2.45) is 5.92 Å². The van der Waals surface area contributed by atoms with E-state index in [1.807, 2.05) is 42.5 Å². The molecular formula is C18H20N2O2. The van der Waals surface area contributed by atoms with Crippen LogP contribution in [0.1, 0.15) is 19.8 Å². The average Bonchev–Trinajstić information content (AvgIpc) is 2.54. The summed E-state index contributed by atoms with van der Waals surface area (Å²) in [6.45, 7) is 3.46. The standard InChI is InChI=1S/C18H20N2O2/c1-13-5-4-10-20(12-13)18(22)17(21)19-16-9-8-14-6-2-3-7-15(14)11-16/h2-3,6-9,11,13H,4-5,10,12H2,1H3,(H,19,21). The molecule has 1 aliphatic rings. The SMILES string of the molecule is CC1CCCN(C(=O)C(=O)Nc2ccc3ccccc3c2)C1. The Balaban J connectivity index is 1.70. The van der Waals surface area contributed by atoms with Gasteiger partial charge in [-0.1, -0.05) is 37.3 Å². The first kappa shape index (κ1) is 14.6. The van der Waals surface area contributed by atoms with Gasteiger partial charge in [0, 0.05) is 18.8 Å². The summed E-state index contributed by atoms with van der Waals surface area (Å²) in [6, 6.07) is 13.6. The molecule has 0 radical (unpaired) electrons. The number of nitrogens with zero attached hydrogens (tertiary/aromatic N) is 1. The zero-order valence-electron chi connectivity index (χ0n) is 12.7. The molecule has 1 heterocycles. The van der Waals surface area contributed by atoms with Crippen LogP contribution in [-0.2, 0) is 9.59 Å². The molecule has 0 bridgehead atoms. The first-order valence-corrected chi connectivity index (χ1v) is 7.72. The van der Waals surface area contributed by atoms with Crippen LogP contribution in [0.5, 0.6) is 0 Å². The minimum atomic E-state index is -0.551. The van der Waals surface area contributed by atoms with Gasteiger partial charge in [-0.15, -0.1) is 0 Å². The third-order valence-electron chi connectivity index (χ3n) is 4.15. The molecule has 0 spiro atoms. The maximum Gasteiger partial charge on any atom is 0.313 e. The van der Waals surface area contributed by atoms with Crippen molar-refractivity contribution in [1.29, 1.82) is 0 Å². The van der Waals surface area contributed by atoms with Crippen LogP contribution in [0.15, 0.2) is 42.5 Å².